The fraction of sp³-hybridized carbons (Fsp3) is 0.320. The van der Waals surface area contributed by atoms with Gasteiger partial charge in [0.05, 0.1) is 24.0 Å². The first-order chi connectivity index (χ1) is 17.4. The molecule has 1 amide bonds. The first-order valence-electron chi connectivity index (χ1n) is 11.9. The molecule has 184 valence electrons. The van der Waals surface area contributed by atoms with Crippen molar-refractivity contribution >= 4 is 28.5 Å². The highest BCUT2D eigenvalue weighted by Crippen LogP contribution is 2.32. The minimum atomic E-state index is -1.22. The van der Waals surface area contributed by atoms with Gasteiger partial charge in [0, 0.05) is 6.04 Å². The number of benzene rings is 1. The summed E-state index contributed by atoms with van der Waals surface area (Å²) in [5.41, 5.74) is 6.70. The number of nitrogens with zero attached hydrogens (tertiary/aromatic N) is 6. The Labute approximate surface area is 205 Å². The van der Waals surface area contributed by atoms with E-state index in [1.54, 1.807) is 29.3 Å². The number of carbonyl (C=O) groups is 1. The van der Waals surface area contributed by atoms with Crippen LogP contribution < -0.4 is 11.1 Å². The number of nitrogens with two attached hydrogens (primary N) is 1. The van der Waals surface area contributed by atoms with Gasteiger partial charge in [-0.15, -0.1) is 5.10 Å². The molecule has 11 heteroatoms. The number of carbonyl (C=O) groups excluding carboxylic acids is 1. The van der Waals surface area contributed by atoms with Gasteiger partial charge in [-0.25, -0.2) is 9.67 Å². The molecular formula is C25H26N8O3. The molecule has 1 aromatic carbocycles. The lowest BCUT2D eigenvalue weighted by Gasteiger charge is -2.33. The zero-order valence-electron chi connectivity index (χ0n) is 19.7. The van der Waals surface area contributed by atoms with Crippen molar-refractivity contribution < 1.29 is 14.3 Å². The average molecular weight is 487 g/mol. The third kappa shape index (κ3) is 3.51. The summed E-state index contributed by atoms with van der Waals surface area (Å²) >= 11 is 0. The first kappa shape index (κ1) is 22.2. The zero-order chi connectivity index (χ0) is 24.9. The van der Waals surface area contributed by atoms with Crippen LogP contribution in [0, 0.1) is 0 Å². The summed E-state index contributed by atoms with van der Waals surface area (Å²) in [4.78, 5) is 23.1. The summed E-state index contributed by atoms with van der Waals surface area (Å²) in [7, 11) is 0. The quantitative estimate of drug-likeness (QED) is 0.343. The molecule has 0 radical (unpaired) electrons. The van der Waals surface area contributed by atoms with Gasteiger partial charge in [0.1, 0.15) is 0 Å². The molecule has 36 heavy (non-hydrogen) atoms. The van der Waals surface area contributed by atoms with E-state index in [1.807, 2.05) is 37.3 Å². The number of furan rings is 1. The molecule has 4 heterocycles. The van der Waals surface area contributed by atoms with Crippen LogP contribution in [0.3, 0.4) is 0 Å². The number of nitrogen functional groups attached to an aromatic ring is 1. The van der Waals surface area contributed by atoms with E-state index in [-0.39, 0.29) is 24.0 Å². The summed E-state index contributed by atoms with van der Waals surface area (Å²) in [6.07, 6.45) is 5.64. The summed E-state index contributed by atoms with van der Waals surface area (Å²) in [5, 5.41) is 22.7. The number of rotatable bonds is 5. The molecule has 1 fully saturated rings. The van der Waals surface area contributed by atoms with Crippen molar-refractivity contribution in [1.29, 1.82) is 0 Å². The Hall–Kier alpha value is -4.25. The van der Waals surface area contributed by atoms with Crippen molar-refractivity contribution in [1.82, 2.24) is 34.7 Å². The lowest BCUT2D eigenvalue weighted by Crippen LogP contribution is -2.52. The number of anilines is 1. The molecule has 4 N–H and O–H groups in total. The van der Waals surface area contributed by atoms with Crippen LogP contribution in [0.15, 0.2) is 59.3 Å². The number of hydrogen-bond donors (Lipinski definition) is 3. The van der Waals surface area contributed by atoms with E-state index in [9.17, 15) is 9.90 Å². The van der Waals surface area contributed by atoms with Gasteiger partial charge in [0.2, 0.25) is 11.8 Å². The maximum atomic E-state index is 13.9. The number of hydrogen-bond acceptors (Lipinski definition) is 8. The molecule has 0 bridgehead atoms. The summed E-state index contributed by atoms with van der Waals surface area (Å²) in [6, 6.07) is 13.0. The molecule has 0 saturated heterocycles. The molecule has 0 aliphatic heterocycles. The van der Waals surface area contributed by atoms with Crippen LogP contribution in [-0.4, -0.2) is 52.5 Å². The van der Waals surface area contributed by atoms with Crippen molar-refractivity contribution in [3.63, 3.8) is 0 Å². The third-order valence-electron chi connectivity index (χ3n) is 7.00. The van der Waals surface area contributed by atoms with Gasteiger partial charge < -0.3 is 20.6 Å². The second-order valence-corrected chi connectivity index (χ2v) is 9.33. The largest absolute Gasteiger partial charge is 0.461 e. The Bertz CT molecular complexity index is 1530. The Kier molecular flexibility index (Phi) is 5.22. The maximum absolute atomic E-state index is 13.9. The highest BCUT2D eigenvalue weighted by molar-refractivity contribution is 5.94. The number of aromatic nitrogens is 6. The van der Waals surface area contributed by atoms with Crippen molar-refractivity contribution in [2.45, 2.75) is 50.3 Å². The monoisotopic (exact) mass is 486 g/mol. The van der Waals surface area contributed by atoms with Gasteiger partial charge in [0.25, 0.3) is 5.91 Å². The van der Waals surface area contributed by atoms with Crippen molar-refractivity contribution in [3.05, 3.63) is 60.5 Å². The molecule has 1 saturated carbocycles. The molecule has 5 aromatic rings. The van der Waals surface area contributed by atoms with Gasteiger partial charge in [-0.2, -0.15) is 14.6 Å². The molecule has 1 aliphatic rings. The van der Waals surface area contributed by atoms with Crippen LogP contribution in [0.2, 0.25) is 0 Å². The third-order valence-corrected chi connectivity index (χ3v) is 7.00. The van der Waals surface area contributed by atoms with Crippen LogP contribution in [0.1, 0.15) is 38.2 Å². The van der Waals surface area contributed by atoms with Crippen LogP contribution in [0.25, 0.3) is 28.3 Å². The smallest absolute Gasteiger partial charge is 0.252 e. The SMILES string of the molecule is C[C@@](C(=O)N[C@H]1CC[C@@H](O)CC1)(c1ccccc1)n1ncc2c1nc(N)n1nc(-c3ccco3)nc21. The Morgan fingerprint density at radius 3 is 2.61 bits per heavy atom. The van der Waals surface area contributed by atoms with Crippen molar-refractivity contribution in [3.8, 4) is 11.6 Å². The molecule has 11 nitrogen and oxygen atoms in total. The van der Waals surface area contributed by atoms with Crippen LogP contribution >= 0.6 is 0 Å². The van der Waals surface area contributed by atoms with Crippen molar-refractivity contribution in [2.75, 3.05) is 5.73 Å². The molecular weight excluding hydrogens is 460 g/mol. The second kappa shape index (κ2) is 8.45. The van der Waals surface area contributed by atoms with E-state index in [0.717, 1.165) is 18.4 Å². The van der Waals surface area contributed by atoms with E-state index in [1.165, 1.54) is 4.52 Å². The number of aliphatic hydroxyl groups is 1. The number of fused-ring (bicyclic) bond motifs is 3. The topological polar surface area (TPSA) is 149 Å². The predicted octanol–water partition coefficient (Wildman–Crippen LogP) is 2.50. The highest BCUT2D eigenvalue weighted by atomic mass is 16.3. The van der Waals surface area contributed by atoms with Crippen LogP contribution in [0.4, 0.5) is 5.95 Å². The first-order valence-corrected chi connectivity index (χ1v) is 11.9. The average Bonchev–Trinajstić information content (AvgIpc) is 3.65. The number of amides is 1. The van der Waals surface area contributed by atoms with Gasteiger partial charge in [-0.3, -0.25) is 4.79 Å². The lowest BCUT2D eigenvalue weighted by atomic mass is 9.88. The van der Waals surface area contributed by atoms with Gasteiger partial charge in [0.15, 0.2) is 22.6 Å². The van der Waals surface area contributed by atoms with Crippen LogP contribution in [0.5, 0.6) is 0 Å². The fourth-order valence-electron chi connectivity index (χ4n) is 4.91. The highest BCUT2D eigenvalue weighted by Gasteiger charge is 2.41. The van der Waals surface area contributed by atoms with E-state index in [2.05, 4.69) is 25.5 Å². The van der Waals surface area contributed by atoms with Crippen molar-refractivity contribution in [2.24, 2.45) is 0 Å². The maximum Gasteiger partial charge on any atom is 0.252 e. The lowest BCUT2D eigenvalue weighted by molar-refractivity contribution is -0.128. The minimum absolute atomic E-state index is 0.0251. The van der Waals surface area contributed by atoms with E-state index < -0.39 is 5.54 Å². The Morgan fingerprint density at radius 2 is 1.89 bits per heavy atom. The zero-order valence-corrected chi connectivity index (χ0v) is 19.7. The summed E-state index contributed by atoms with van der Waals surface area (Å²) < 4.78 is 8.48. The molecule has 4 aromatic heterocycles. The summed E-state index contributed by atoms with van der Waals surface area (Å²) in [5.74, 6) is 0.779. The molecule has 1 aliphatic carbocycles. The van der Waals surface area contributed by atoms with Gasteiger partial charge >= 0.3 is 0 Å². The van der Waals surface area contributed by atoms with E-state index >= 15 is 0 Å². The molecule has 1 atom stereocenters. The fourth-order valence-corrected chi connectivity index (χ4v) is 4.91. The summed E-state index contributed by atoms with van der Waals surface area (Å²) in [6.45, 7) is 1.82. The Morgan fingerprint density at radius 1 is 1.11 bits per heavy atom. The molecule has 0 unspecified atom stereocenters. The normalized spacial score (nSPS) is 19.9. The molecule has 0 spiro atoms. The number of aliphatic hydroxyl groups excluding tert-OH is 1. The van der Waals surface area contributed by atoms with E-state index in [4.69, 9.17) is 10.2 Å². The van der Waals surface area contributed by atoms with E-state index in [0.29, 0.717) is 41.1 Å². The van der Waals surface area contributed by atoms with Gasteiger partial charge in [-0.05, 0) is 50.3 Å². The Balaban J connectivity index is 1.48. The predicted molar refractivity (Wildman–Crippen MR) is 132 cm³/mol. The number of nitrogens with one attached hydrogen (secondary N) is 1. The second-order valence-electron chi connectivity index (χ2n) is 9.33. The van der Waals surface area contributed by atoms with Gasteiger partial charge in [-0.1, -0.05) is 30.3 Å². The molecule has 6 rings (SSSR count). The minimum Gasteiger partial charge on any atom is -0.461 e. The standard InChI is InChI=1S/C25H26N8O3/c1-25(15-6-3-2-4-7-15,23(35)28-16-9-11-17(34)12-10-16)33-22-18(14-27-33)21-29-20(19-8-5-13-36-19)31-32(21)24(26)30-22/h2-8,13-14,16-17,34H,9-12H2,1H3,(H2,26,30)(H,28,35)/t16-,17+,25-/m0/s1. The van der Waals surface area contributed by atoms with Crippen LogP contribution in [-0.2, 0) is 10.3 Å².